The zero-order chi connectivity index (χ0) is 16.8. The minimum Gasteiger partial charge on any atom is -0.439 e. The molecule has 142 valence electrons. The molecule has 1 aromatic heterocycles. The molecule has 0 aliphatic carbocycles. The number of nitrogens with zero attached hydrogens (tertiary/aromatic N) is 1. The van der Waals surface area contributed by atoms with E-state index in [9.17, 15) is 9.18 Å². The smallest absolute Gasteiger partial charge is 0.239 e. The predicted molar refractivity (Wildman–Crippen MR) is 99.7 cm³/mol. The van der Waals surface area contributed by atoms with Gasteiger partial charge in [-0.2, -0.15) is 0 Å². The predicted octanol–water partition coefficient (Wildman–Crippen LogP) is 2.46. The fraction of sp³-hybridized carbons (Fsp3) is 0.294. The maximum Gasteiger partial charge on any atom is 0.239 e. The van der Waals surface area contributed by atoms with E-state index in [1.807, 2.05) is 0 Å². The van der Waals surface area contributed by atoms with Crippen LogP contribution in [0.5, 0.6) is 11.6 Å². The Balaban J connectivity index is 0.00000169. The highest BCUT2D eigenvalue weighted by atomic mass is 35.5. The van der Waals surface area contributed by atoms with Gasteiger partial charge in [-0.1, -0.05) is 12.1 Å². The van der Waals surface area contributed by atoms with E-state index in [-0.39, 0.29) is 42.6 Å². The molecule has 1 unspecified atom stereocenters. The number of halogens is 3. The molecule has 1 fully saturated rings. The lowest BCUT2D eigenvalue weighted by molar-refractivity contribution is -0.126. The lowest BCUT2D eigenvalue weighted by Crippen LogP contribution is -2.51. The third kappa shape index (κ3) is 6.42. The highest BCUT2D eigenvalue weighted by Crippen LogP contribution is 2.19. The molecule has 6 nitrogen and oxygen atoms in total. The van der Waals surface area contributed by atoms with E-state index in [1.54, 1.807) is 30.5 Å². The average molecular weight is 404 g/mol. The largest absolute Gasteiger partial charge is 0.439 e. The van der Waals surface area contributed by atoms with Crippen LogP contribution in [0.25, 0.3) is 0 Å². The summed E-state index contributed by atoms with van der Waals surface area (Å²) in [5.41, 5.74) is 0.840. The Morgan fingerprint density at radius 1 is 1.35 bits per heavy atom. The van der Waals surface area contributed by atoms with Crippen LogP contribution < -0.4 is 15.4 Å². The van der Waals surface area contributed by atoms with Crippen LogP contribution >= 0.6 is 24.8 Å². The van der Waals surface area contributed by atoms with Crippen LogP contribution in [0.1, 0.15) is 5.56 Å². The molecule has 0 bridgehead atoms. The van der Waals surface area contributed by atoms with Gasteiger partial charge in [-0.3, -0.25) is 4.79 Å². The highest BCUT2D eigenvalue weighted by molar-refractivity contribution is 5.85. The first kappa shape index (κ1) is 22.1. The number of rotatable bonds is 5. The van der Waals surface area contributed by atoms with Gasteiger partial charge in [0.2, 0.25) is 11.8 Å². The molecule has 1 aliphatic rings. The zero-order valence-electron chi connectivity index (χ0n) is 13.8. The van der Waals surface area contributed by atoms with Gasteiger partial charge in [0.25, 0.3) is 0 Å². The first-order chi connectivity index (χ1) is 11.7. The number of benzene rings is 1. The molecule has 2 N–H and O–H groups in total. The molecule has 0 saturated carbocycles. The molecule has 3 rings (SSSR count). The standard InChI is InChI=1S/C17H18FN3O3.2ClH/c18-13-2-1-3-14(8-13)24-16-5-4-12(9-20-16)10-21-17(22)15-11-23-7-6-19-15;;/h1-5,8-9,15,19H,6-7,10-11H2,(H,21,22);2*1H. The van der Waals surface area contributed by atoms with Crippen molar-refractivity contribution in [3.05, 3.63) is 54.0 Å². The Morgan fingerprint density at radius 2 is 2.19 bits per heavy atom. The molecule has 0 spiro atoms. The number of ether oxygens (including phenoxy) is 2. The minimum atomic E-state index is -0.368. The number of amides is 1. The fourth-order valence-corrected chi connectivity index (χ4v) is 2.27. The van der Waals surface area contributed by atoms with Crippen molar-refractivity contribution < 1.29 is 18.7 Å². The summed E-state index contributed by atoms with van der Waals surface area (Å²) in [4.78, 5) is 16.1. The molecule has 2 heterocycles. The average Bonchev–Trinajstić information content (AvgIpc) is 2.62. The normalized spacial score (nSPS) is 16.0. The minimum absolute atomic E-state index is 0. The van der Waals surface area contributed by atoms with Gasteiger partial charge >= 0.3 is 0 Å². The van der Waals surface area contributed by atoms with E-state index in [0.29, 0.717) is 37.9 Å². The van der Waals surface area contributed by atoms with E-state index < -0.39 is 0 Å². The van der Waals surface area contributed by atoms with Crippen molar-refractivity contribution in [2.24, 2.45) is 0 Å². The van der Waals surface area contributed by atoms with E-state index in [1.165, 1.54) is 12.1 Å². The van der Waals surface area contributed by atoms with E-state index in [4.69, 9.17) is 9.47 Å². The number of nitrogens with one attached hydrogen (secondary N) is 2. The molecule has 1 aliphatic heterocycles. The maximum absolute atomic E-state index is 13.1. The monoisotopic (exact) mass is 403 g/mol. The first-order valence-electron chi connectivity index (χ1n) is 7.68. The number of hydrogen-bond donors (Lipinski definition) is 2. The molecule has 1 amide bonds. The van der Waals surface area contributed by atoms with Gasteiger partial charge in [0.05, 0.1) is 13.2 Å². The Kier molecular flexibility index (Phi) is 9.29. The van der Waals surface area contributed by atoms with Gasteiger partial charge in [0.15, 0.2) is 0 Å². The lowest BCUT2D eigenvalue weighted by Gasteiger charge is -2.22. The zero-order valence-corrected chi connectivity index (χ0v) is 15.4. The summed E-state index contributed by atoms with van der Waals surface area (Å²) < 4.78 is 23.8. The van der Waals surface area contributed by atoms with Crippen LogP contribution in [0.4, 0.5) is 4.39 Å². The van der Waals surface area contributed by atoms with Crippen LogP contribution in [0.3, 0.4) is 0 Å². The van der Waals surface area contributed by atoms with E-state index in [2.05, 4.69) is 15.6 Å². The second-order valence-electron chi connectivity index (χ2n) is 5.36. The summed E-state index contributed by atoms with van der Waals surface area (Å²) in [6.07, 6.45) is 1.61. The number of morpholine rings is 1. The summed E-state index contributed by atoms with van der Waals surface area (Å²) in [6.45, 7) is 2.04. The topological polar surface area (TPSA) is 72.5 Å². The summed E-state index contributed by atoms with van der Waals surface area (Å²) >= 11 is 0. The highest BCUT2D eigenvalue weighted by Gasteiger charge is 2.20. The van der Waals surface area contributed by atoms with Crippen molar-refractivity contribution in [1.82, 2.24) is 15.6 Å². The molecule has 1 saturated heterocycles. The van der Waals surface area contributed by atoms with Crippen molar-refractivity contribution in [1.29, 1.82) is 0 Å². The number of carbonyl (C=O) groups excluding carboxylic acids is 1. The number of pyridine rings is 1. The van der Waals surface area contributed by atoms with Crippen LogP contribution in [-0.4, -0.2) is 36.7 Å². The van der Waals surface area contributed by atoms with Crippen molar-refractivity contribution >= 4 is 30.7 Å². The Hall–Kier alpha value is -1.93. The second-order valence-corrected chi connectivity index (χ2v) is 5.36. The third-order valence-corrected chi connectivity index (χ3v) is 3.52. The quantitative estimate of drug-likeness (QED) is 0.801. The van der Waals surface area contributed by atoms with Gasteiger partial charge in [-0.25, -0.2) is 9.37 Å². The fourth-order valence-electron chi connectivity index (χ4n) is 2.27. The lowest BCUT2D eigenvalue weighted by atomic mass is 10.2. The van der Waals surface area contributed by atoms with Gasteiger partial charge in [-0.05, 0) is 17.7 Å². The molecule has 2 aromatic rings. The van der Waals surface area contributed by atoms with Crippen molar-refractivity contribution in [3.8, 4) is 11.6 Å². The summed E-state index contributed by atoms with van der Waals surface area (Å²) in [7, 11) is 0. The molecule has 1 aromatic carbocycles. The number of aromatic nitrogens is 1. The van der Waals surface area contributed by atoms with E-state index in [0.717, 1.165) is 5.56 Å². The Morgan fingerprint density at radius 3 is 2.85 bits per heavy atom. The van der Waals surface area contributed by atoms with Crippen LogP contribution in [0.2, 0.25) is 0 Å². The van der Waals surface area contributed by atoms with Gasteiger partial charge in [0, 0.05) is 31.4 Å². The molecule has 26 heavy (non-hydrogen) atoms. The van der Waals surface area contributed by atoms with Crippen LogP contribution in [0, 0.1) is 5.82 Å². The van der Waals surface area contributed by atoms with Crippen LogP contribution in [-0.2, 0) is 16.1 Å². The summed E-state index contributed by atoms with van der Waals surface area (Å²) in [5.74, 6) is 0.270. The van der Waals surface area contributed by atoms with Gasteiger partial charge in [-0.15, -0.1) is 24.8 Å². The molecule has 0 radical (unpaired) electrons. The third-order valence-electron chi connectivity index (χ3n) is 3.52. The SMILES string of the molecule is Cl.Cl.O=C(NCc1ccc(Oc2cccc(F)c2)nc1)C1COCCN1. The van der Waals surface area contributed by atoms with Crippen molar-refractivity contribution in [2.45, 2.75) is 12.6 Å². The van der Waals surface area contributed by atoms with Crippen molar-refractivity contribution in [2.75, 3.05) is 19.8 Å². The maximum atomic E-state index is 13.1. The molecular weight excluding hydrogens is 384 g/mol. The first-order valence-corrected chi connectivity index (χ1v) is 7.68. The van der Waals surface area contributed by atoms with E-state index >= 15 is 0 Å². The summed E-state index contributed by atoms with van der Waals surface area (Å²) in [6, 6.07) is 9.01. The number of carbonyl (C=O) groups is 1. The summed E-state index contributed by atoms with van der Waals surface area (Å²) in [5, 5.41) is 5.93. The Bertz CT molecular complexity index is 698. The molecule has 1 atom stereocenters. The Labute approximate surface area is 163 Å². The second kappa shape index (κ2) is 10.9. The van der Waals surface area contributed by atoms with Crippen LogP contribution in [0.15, 0.2) is 42.6 Å². The van der Waals surface area contributed by atoms with Gasteiger partial charge in [0.1, 0.15) is 17.6 Å². The molecular formula is C17H20Cl2FN3O3. The number of hydrogen-bond acceptors (Lipinski definition) is 5. The van der Waals surface area contributed by atoms with Gasteiger partial charge < -0.3 is 20.1 Å². The van der Waals surface area contributed by atoms with Crippen molar-refractivity contribution in [3.63, 3.8) is 0 Å². The molecule has 9 heteroatoms.